The zero-order valence-electron chi connectivity index (χ0n) is 14.9. The zero-order valence-corrected chi connectivity index (χ0v) is 15.7. The summed E-state index contributed by atoms with van der Waals surface area (Å²) in [5, 5.41) is 6.47. The Morgan fingerprint density at radius 3 is 2.52 bits per heavy atom. The summed E-state index contributed by atoms with van der Waals surface area (Å²) in [7, 11) is 3.09. The number of benzene rings is 2. The number of hydrogen-bond acceptors (Lipinski definition) is 4. The summed E-state index contributed by atoms with van der Waals surface area (Å²) in [6.45, 7) is 4.14. The van der Waals surface area contributed by atoms with Gasteiger partial charge < -0.3 is 20.1 Å². The number of hydrogen-bond donors (Lipinski definition) is 2. The molecule has 0 saturated carbocycles. The van der Waals surface area contributed by atoms with Crippen molar-refractivity contribution in [3.05, 3.63) is 46.5 Å². The molecule has 2 aromatic carbocycles. The SMILES string of the molecule is CCc1cccc(C)c1NC(=O)CNc1cc(Cl)c(OC)cc1OC. The molecule has 0 saturated heterocycles. The predicted molar refractivity (Wildman–Crippen MR) is 102 cm³/mol. The van der Waals surface area contributed by atoms with E-state index in [1.54, 1.807) is 19.2 Å². The van der Waals surface area contributed by atoms with E-state index in [2.05, 4.69) is 17.6 Å². The number of aryl methyl sites for hydroxylation is 2. The van der Waals surface area contributed by atoms with E-state index < -0.39 is 0 Å². The van der Waals surface area contributed by atoms with Gasteiger partial charge >= 0.3 is 0 Å². The molecule has 0 atom stereocenters. The highest BCUT2D eigenvalue weighted by Gasteiger charge is 2.12. The fraction of sp³-hybridized carbons (Fsp3) is 0.316. The molecule has 2 N–H and O–H groups in total. The highest BCUT2D eigenvalue weighted by Crippen LogP contribution is 2.35. The molecular formula is C19H23ClN2O3. The van der Waals surface area contributed by atoms with E-state index in [0.29, 0.717) is 22.2 Å². The summed E-state index contributed by atoms with van der Waals surface area (Å²) >= 11 is 6.14. The number of rotatable bonds is 7. The molecule has 0 radical (unpaired) electrons. The number of amides is 1. The Labute approximate surface area is 153 Å². The fourth-order valence-electron chi connectivity index (χ4n) is 2.56. The summed E-state index contributed by atoms with van der Waals surface area (Å²) < 4.78 is 10.5. The number of halogens is 1. The predicted octanol–water partition coefficient (Wildman–Crippen LogP) is 4.28. The smallest absolute Gasteiger partial charge is 0.243 e. The van der Waals surface area contributed by atoms with Crippen molar-refractivity contribution >= 4 is 28.9 Å². The normalized spacial score (nSPS) is 10.3. The van der Waals surface area contributed by atoms with E-state index in [-0.39, 0.29) is 12.5 Å². The fourth-order valence-corrected chi connectivity index (χ4v) is 2.80. The van der Waals surface area contributed by atoms with E-state index in [1.807, 2.05) is 25.1 Å². The Hall–Kier alpha value is -2.40. The minimum atomic E-state index is -0.141. The van der Waals surface area contributed by atoms with Gasteiger partial charge in [0, 0.05) is 11.8 Å². The van der Waals surface area contributed by atoms with Gasteiger partial charge in [0.25, 0.3) is 0 Å². The number of methoxy groups -OCH3 is 2. The largest absolute Gasteiger partial charge is 0.495 e. The quantitative estimate of drug-likeness (QED) is 0.771. The lowest BCUT2D eigenvalue weighted by atomic mass is 10.1. The Balaban J connectivity index is 2.09. The molecular weight excluding hydrogens is 340 g/mol. The lowest BCUT2D eigenvalue weighted by molar-refractivity contribution is -0.114. The number of nitrogens with one attached hydrogen (secondary N) is 2. The number of carbonyl (C=O) groups excluding carboxylic acids is 1. The second-order valence-electron chi connectivity index (χ2n) is 5.55. The summed E-state index contributed by atoms with van der Waals surface area (Å²) in [4.78, 5) is 12.3. The number of para-hydroxylation sites is 1. The third kappa shape index (κ3) is 4.57. The summed E-state index contributed by atoms with van der Waals surface area (Å²) in [6.07, 6.45) is 0.854. The summed E-state index contributed by atoms with van der Waals surface area (Å²) in [5.41, 5.74) is 3.65. The molecule has 0 unspecified atom stereocenters. The highest BCUT2D eigenvalue weighted by molar-refractivity contribution is 6.32. The average molecular weight is 363 g/mol. The Kier molecular flexibility index (Phi) is 6.53. The summed E-state index contributed by atoms with van der Waals surface area (Å²) in [6, 6.07) is 9.35. The van der Waals surface area contributed by atoms with Crippen molar-refractivity contribution in [1.29, 1.82) is 0 Å². The molecule has 5 nitrogen and oxygen atoms in total. The third-order valence-corrected chi connectivity index (χ3v) is 4.21. The maximum atomic E-state index is 12.3. The van der Waals surface area contributed by atoms with Gasteiger partial charge in [0.1, 0.15) is 11.5 Å². The van der Waals surface area contributed by atoms with Crippen molar-refractivity contribution in [3.63, 3.8) is 0 Å². The van der Waals surface area contributed by atoms with Gasteiger partial charge in [0.15, 0.2) is 0 Å². The molecule has 134 valence electrons. The second-order valence-corrected chi connectivity index (χ2v) is 5.96. The van der Waals surface area contributed by atoms with Gasteiger partial charge in [-0.1, -0.05) is 36.7 Å². The van der Waals surface area contributed by atoms with Crippen LogP contribution in [0, 0.1) is 6.92 Å². The minimum absolute atomic E-state index is 0.0938. The van der Waals surface area contributed by atoms with Crippen LogP contribution in [0.15, 0.2) is 30.3 Å². The van der Waals surface area contributed by atoms with Gasteiger partial charge in [-0.3, -0.25) is 4.79 Å². The lowest BCUT2D eigenvalue weighted by Gasteiger charge is -2.15. The average Bonchev–Trinajstić information content (AvgIpc) is 2.61. The van der Waals surface area contributed by atoms with Gasteiger partial charge in [-0.05, 0) is 30.5 Å². The molecule has 0 aliphatic rings. The van der Waals surface area contributed by atoms with Crippen molar-refractivity contribution < 1.29 is 14.3 Å². The van der Waals surface area contributed by atoms with Crippen LogP contribution in [0.1, 0.15) is 18.1 Å². The first-order valence-corrected chi connectivity index (χ1v) is 8.41. The van der Waals surface area contributed by atoms with E-state index in [4.69, 9.17) is 21.1 Å². The first kappa shape index (κ1) is 18.9. The van der Waals surface area contributed by atoms with Gasteiger partial charge in [-0.2, -0.15) is 0 Å². The molecule has 0 heterocycles. The molecule has 0 aliphatic heterocycles. The van der Waals surface area contributed by atoms with E-state index in [0.717, 1.165) is 23.2 Å². The van der Waals surface area contributed by atoms with Crippen molar-refractivity contribution in [2.24, 2.45) is 0 Å². The van der Waals surface area contributed by atoms with Crippen LogP contribution in [-0.4, -0.2) is 26.7 Å². The molecule has 2 rings (SSSR count). The first-order chi connectivity index (χ1) is 12.0. The molecule has 0 fully saturated rings. The van der Waals surface area contributed by atoms with Gasteiger partial charge in [-0.25, -0.2) is 0 Å². The Morgan fingerprint density at radius 1 is 1.16 bits per heavy atom. The van der Waals surface area contributed by atoms with Crippen LogP contribution >= 0.6 is 11.6 Å². The Bertz CT molecular complexity index is 763. The van der Waals surface area contributed by atoms with Crippen LogP contribution in [-0.2, 0) is 11.2 Å². The maximum absolute atomic E-state index is 12.3. The molecule has 0 aromatic heterocycles. The van der Waals surface area contributed by atoms with Gasteiger partial charge in [0.05, 0.1) is 31.5 Å². The van der Waals surface area contributed by atoms with Crippen LogP contribution in [0.4, 0.5) is 11.4 Å². The van der Waals surface area contributed by atoms with Crippen molar-refractivity contribution in [3.8, 4) is 11.5 Å². The molecule has 6 heteroatoms. The van der Waals surface area contributed by atoms with Crippen molar-refractivity contribution in [2.45, 2.75) is 20.3 Å². The topological polar surface area (TPSA) is 59.6 Å². The molecule has 0 aliphatic carbocycles. The van der Waals surface area contributed by atoms with Crippen LogP contribution in [0.3, 0.4) is 0 Å². The van der Waals surface area contributed by atoms with Crippen LogP contribution in [0.25, 0.3) is 0 Å². The van der Waals surface area contributed by atoms with E-state index in [9.17, 15) is 4.79 Å². The van der Waals surface area contributed by atoms with Gasteiger partial charge in [-0.15, -0.1) is 0 Å². The summed E-state index contributed by atoms with van der Waals surface area (Å²) in [5.74, 6) is 0.929. The van der Waals surface area contributed by atoms with Crippen LogP contribution in [0.5, 0.6) is 11.5 Å². The first-order valence-electron chi connectivity index (χ1n) is 8.03. The molecule has 2 aromatic rings. The van der Waals surface area contributed by atoms with Crippen molar-refractivity contribution in [2.75, 3.05) is 31.4 Å². The molecule has 25 heavy (non-hydrogen) atoms. The van der Waals surface area contributed by atoms with Crippen LogP contribution < -0.4 is 20.1 Å². The third-order valence-electron chi connectivity index (χ3n) is 3.92. The van der Waals surface area contributed by atoms with Crippen LogP contribution in [0.2, 0.25) is 5.02 Å². The monoisotopic (exact) mass is 362 g/mol. The van der Waals surface area contributed by atoms with Crippen molar-refractivity contribution in [1.82, 2.24) is 0 Å². The lowest BCUT2D eigenvalue weighted by Crippen LogP contribution is -2.23. The molecule has 0 spiro atoms. The highest BCUT2D eigenvalue weighted by atomic mass is 35.5. The number of ether oxygens (including phenoxy) is 2. The molecule has 1 amide bonds. The maximum Gasteiger partial charge on any atom is 0.243 e. The zero-order chi connectivity index (χ0) is 18.4. The standard InChI is InChI=1S/C19H23ClN2O3/c1-5-13-8-6-7-12(2)19(13)22-18(23)11-21-15-9-14(20)16(24-3)10-17(15)25-4/h6-10,21H,5,11H2,1-4H3,(H,22,23). The number of carbonyl (C=O) groups is 1. The Morgan fingerprint density at radius 2 is 1.88 bits per heavy atom. The van der Waals surface area contributed by atoms with E-state index >= 15 is 0 Å². The van der Waals surface area contributed by atoms with Gasteiger partial charge in [0.2, 0.25) is 5.91 Å². The number of anilines is 2. The minimum Gasteiger partial charge on any atom is -0.495 e. The molecule has 0 bridgehead atoms. The van der Waals surface area contributed by atoms with E-state index in [1.165, 1.54) is 7.11 Å². The second kappa shape index (κ2) is 8.62.